The Bertz CT molecular complexity index is 489. The summed E-state index contributed by atoms with van der Waals surface area (Å²) in [5.74, 6) is 0.973. The lowest BCUT2D eigenvalue weighted by Crippen LogP contribution is -2.53. The summed E-state index contributed by atoms with van der Waals surface area (Å²) >= 11 is 1.43. The summed E-state index contributed by atoms with van der Waals surface area (Å²) in [5, 5.41) is 4.19. The van der Waals surface area contributed by atoms with Crippen molar-refractivity contribution in [1.29, 1.82) is 0 Å². The van der Waals surface area contributed by atoms with Crippen molar-refractivity contribution in [3.63, 3.8) is 0 Å². The van der Waals surface area contributed by atoms with Gasteiger partial charge in [-0.05, 0) is 13.3 Å². The number of amides is 1. The monoisotopic (exact) mass is 311 g/mol. The van der Waals surface area contributed by atoms with E-state index >= 15 is 0 Å². The Hall–Kier alpha value is -1.25. The van der Waals surface area contributed by atoms with Gasteiger partial charge < -0.3 is 19.9 Å². The van der Waals surface area contributed by atoms with E-state index in [1.54, 1.807) is 0 Å². The van der Waals surface area contributed by atoms with Crippen molar-refractivity contribution in [2.45, 2.75) is 19.4 Å². The molecule has 116 valence electrons. The molecule has 21 heavy (non-hydrogen) atoms. The van der Waals surface area contributed by atoms with Gasteiger partial charge in [0.25, 0.3) is 0 Å². The molecule has 0 spiro atoms. The van der Waals surface area contributed by atoms with Crippen LogP contribution in [-0.2, 0) is 9.53 Å². The van der Waals surface area contributed by atoms with Gasteiger partial charge in [0.2, 0.25) is 11.0 Å². The zero-order chi connectivity index (χ0) is 14.7. The molecule has 2 fully saturated rings. The highest BCUT2D eigenvalue weighted by Crippen LogP contribution is 2.19. The second-order valence-corrected chi connectivity index (χ2v) is 6.10. The third-order valence-corrected chi connectivity index (χ3v) is 4.68. The zero-order valence-electron chi connectivity index (χ0n) is 12.2. The van der Waals surface area contributed by atoms with Gasteiger partial charge in [0.05, 0.1) is 13.2 Å². The van der Waals surface area contributed by atoms with Crippen LogP contribution in [0, 0.1) is 6.92 Å². The molecule has 1 aromatic rings. The Balaban J connectivity index is 1.58. The number of carbonyl (C=O) groups excluding carboxylic acids is 1. The minimum absolute atomic E-state index is 0.157. The Morgan fingerprint density at radius 1 is 1.38 bits per heavy atom. The van der Waals surface area contributed by atoms with E-state index in [9.17, 15) is 4.79 Å². The molecule has 2 aliphatic heterocycles. The highest BCUT2D eigenvalue weighted by Gasteiger charge is 2.28. The van der Waals surface area contributed by atoms with Gasteiger partial charge >= 0.3 is 0 Å². The van der Waals surface area contributed by atoms with Crippen molar-refractivity contribution < 1.29 is 9.53 Å². The highest BCUT2D eigenvalue weighted by molar-refractivity contribution is 7.09. The van der Waals surface area contributed by atoms with Gasteiger partial charge in [-0.15, -0.1) is 0 Å². The molecule has 3 rings (SSSR count). The van der Waals surface area contributed by atoms with Gasteiger partial charge in [-0.2, -0.15) is 4.37 Å². The first-order valence-corrected chi connectivity index (χ1v) is 8.16. The van der Waals surface area contributed by atoms with E-state index < -0.39 is 0 Å². The Kier molecular flexibility index (Phi) is 4.67. The number of ether oxygens (including phenoxy) is 1. The fourth-order valence-corrected chi connectivity index (χ4v) is 3.41. The molecule has 0 radical (unpaired) electrons. The number of nitrogens with zero attached hydrogens (tertiary/aromatic N) is 4. The summed E-state index contributed by atoms with van der Waals surface area (Å²) in [6, 6.07) is -0.186. The summed E-state index contributed by atoms with van der Waals surface area (Å²) in [5.41, 5.74) is 0. The van der Waals surface area contributed by atoms with Crippen LogP contribution in [0.5, 0.6) is 0 Å². The summed E-state index contributed by atoms with van der Waals surface area (Å²) in [4.78, 5) is 21.1. The van der Waals surface area contributed by atoms with Crippen LogP contribution in [0.25, 0.3) is 0 Å². The predicted molar refractivity (Wildman–Crippen MR) is 80.7 cm³/mol. The molecule has 2 aliphatic rings. The van der Waals surface area contributed by atoms with E-state index in [4.69, 9.17) is 4.74 Å². The average Bonchev–Trinajstić information content (AvgIpc) is 2.81. The van der Waals surface area contributed by atoms with Crippen molar-refractivity contribution >= 4 is 22.6 Å². The zero-order valence-corrected chi connectivity index (χ0v) is 13.1. The van der Waals surface area contributed by atoms with Crippen LogP contribution in [0.4, 0.5) is 5.13 Å². The lowest BCUT2D eigenvalue weighted by atomic mass is 10.2. The molecule has 2 saturated heterocycles. The molecule has 0 aromatic carbocycles. The SMILES string of the molecule is Cc1nsc(N2CCCN(C(=O)C3COCCN3)CC2)n1. The fourth-order valence-electron chi connectivity index (χ4n) is 2.69. The molecule has 0 aliphatic carbocycles. The quantitative estimate of drug-likeness (QED) is 0.821. The number of anilines is 1. The van der Waals surface area contributed by atoms with E-state index in [0.29, 0.717) is 13.2 Å². The number of hydrogen-bond donors (Lipinski definition) is 1. The van der Waals surface area contributed by atoms with E-state index in [2.05, 4.69) is 19.6 Å². The lowest BCUT2D eigenvalue weighted by Gasteiger charge is -2.29. The van der Waals surface area contributed by atoms with Gasteiger partial charge in [0.1, 0.15) is 11.9 Å². The first-order valence-electron chi connectivity index (χ1n) is 7.39. The standard InChI is InChI=1S/C13H21N5O2S/c1-10-15-13(21-16-10)18-5-2-4-17(6-7-18)12(19)11-9-20-8-3-14-11/h11,14H,2-9H2,1H3. The van der Waals surface area contributed by atoms with Crippen LogP contribution in [0.2, 0.25) is 0 Å². The Morgan fingerprint density at radius 3 is 3.00 bits per heavy atom. The molecular weight excluding hydrogens is 290 g/mol. The third kappa shape index (κ3) is 3.50. The smallest absolute Gasteiger partial charge is 0.242 e. The second kappa shape index (κ2) is 6.67. The van der Waals surface area contributed by atoms with Crippen LogP contribution in [0.1, 0.15) is 12.2 Å². The topological polar surface area (TPSA) is 70.6 Å². The van der Waals surface area contributed by atoms with Gasteiger partial charge in [-0.3, -0.25) is 4.79 Å². The molecule has 1 amide bonds. The number of aromatic nitrogens is 2. The van der Waals surface area contributed by atoms with E-state index in [1.165, 1.54) is 11.5 Å². The lowest BCUT2D eigenvalue weighted by molar-refractivity contribution is -0.136. The number of hydrogen-bond acceptors (Lipinski definition) is 7. The van der Waals surface area contributed by atoms with E-state index in [1.807, 2.05) is 11.8 Å². The van der Waals surface area contributed by atoms with Crippen molar-refractivity contribution in [3.8, 4) is 0 Å². The van der Waals surface area contributed by atoms with Gasteiger partial charge in [0.15, 0.2) is 0 Å². The summed E-state index contributed by atoms with van der Waals surface area (Å²) in [7, 11) is 0. The Morgan fingerprint density at radius 2 is 2.29 bits per heavy atom. The number of rotatable bonds is 2. The van der Waals surface area contributed by atoms with Crippen molar-refractivity contribution in [2.24, 2.45) is 0 Å². The minimum Gasteiger partial charge on any atom is -0.378 e. The van der Waals surface area contributed by atoms with Crippen LogP contribution in [-0.4, -0.2) is 72.1 Å². The predicted octanol–water partition coefficient (Wildman–Crippen LogP) is -0.126. The number of nitrogens with one attached hydrogen (secondary N) is 1. The molecule has 0 bridgehead atoms. The molecule has 0 saturated carbocycles. The molecule has 7 nitrogen and oxygen atoms in total. The second-order valence-electron chi connectivity index (χ2n) is 5.37. The van der Waals surface area contributed by atoms with Crippen molar-refractivity contribution in [1.82, 2.24) is 19.6 Å². The van der Waals surface area contributed by atoms with Gasteiger partial charge in [-0.25, -0.2) is 4.98 Å². The third-order valence-electron chi connectivity index (χ3n) is 3.81. The van der Waals surface area contributed by atoms with Crippen molar-refractivity contribution in [2.75, 3.05) is 50.8 Å². The summed E-state index contributed by atoms with van der Waals surface area (Å²) in [6.45, 7) is 7.09. The molecule has 3 heterocycles. The summed E-state index contributed by atoms with van der Waals surface area (Å²) < 4.78 is 9.61. The first kappa shape index (κ1) is 14.7. The maximum Gasteiger partial charge on any atom is 0.242 e. The van der Waals surface area contributed by atoms with Crippen LogP contribution in [0.15, 0.2) is 0 Å². The normalized spacial score (nSPS) is 24.0. The fraction of sp³-hybridized carbons (Fsp3) is 0.769. The van der Waals surface area contributed by atoms with Crippen LogP contribution >= 0.6 is 11.5 Å². The molecule has 1 atom stereocenters. The van der Waals surface area contributed by atoms with Crippen molar-refractivity contribution in [3.05, 3.63) is 5.82 Å². The van der Waals surface area contributed by atoms with Crippen LogP contribution < -0.4 is 10.2 Å². The first-order chi connectivity index (χ1) is 10.2. The molecule has 1 unspecified atom stereocenters. The van der Waals surface area contributed by atoms with Crippen LogP contribution in [0.3, 0.4) is 0 Å². The average molecular weight is 311 g/mol. The minimum atomic E-state index is -0.186. The largest absolute Gasteiger partial charge is 0.378 e. The summed E-state index contributed by atoms with van der Waals surface area (Å²) in [6.07, 6.45) is 0.956. The maximum absolute atomic E-state index is 12.5. The molecule has 1 N–H and O–H groups in total. The number of aryl methyl sites for hydroxylation is 1. The maximum atomic E-state index is 12.5. The highest BCUT2D eigenvalue weighted by atomic mass is 32.1. The number of carbonyl (C=O) groups is 1. The molecular formula is C13H21N5O2S. The van der Waals surface area contributed by atoms with Gasteiger partial charge in [0, 0.05) is 44.3 Å². The molecule has 8 heteroatoms. The number of morpholine rings is 1. The van der Waals surface area contributed by atoms with E-state index in [0.717, 1.165) is 50.1 Å². The Labute approximate surface area is 128 Å². The van der Waals surface area contributed by atoms with Gasteiger partial charge in [-0.1, -0.05) is 0 Å². The van der Waals surface area contributed by atoms with E-state index in [-0.39, 0.29) is 11.9 Å². The molecule has 1 aromatic heterocycles.